The lowest BCUT2D eigenvalue weighted by Crippen LogP contribution is -2.36. The van der Waals surface area contributed by atoms with Crippen molar-refractivity contribution in [2.24, 2.45) is 5.92 Å². The molecule has 0 heterocycles. The van der Waals surface area contributed by atoms with Crippen LogP contribution in [0.5, 0.6) is 5.75 Å². The van der Waals surface area contributed by atoms with Crippen molar-refractivity contribution in [3.05, 3.63) is 23.8 Å². The first-order valence-corrected chi connectivity index (χ1v) is 6.83. The van der Waals surface area contributed by atoms with Crippen LogP contribution in [-0.2, 0) is 4.79 Å². The molecule has 2 amide bonds. The first kappa shape index (κ1) is 16.8. The number of carbonyl (C=O) groups excluding carboxylic acids is 1. The number of carboxylic acid groups (broad SMARTS) is 1. The van der Waals surface area contributed by atoms with Gasteiger partial charge in [-0.3, -0.25) is 4.79 Å². The molecule has 1 unspecified atom stereocenters. The first-order chi connectivity index (χ1) is 9.85. The van der Waals surface area contributed by atoms with Gasteiger partial charge in [-0.1, -0.05) is 13.0 Å². The fourth-order valence-electron chi connectivity index (χ4n) is 1.78. The zero-order valence-electron chi connectivity index (χ0n) is 12.8. The van der Waals surface area contributed by atoms with Crippen LogP contribution in [0.15, 0.2) is 18.2 Å². The molecular weight excluding hydrogens is 272 g/mol. The number of ether oxygens (including phenoxy) is 1. The quantitative estimate of drug-likeness (QED) is 0.845. The Morgan fingerprint density at radius 2 is 2.10 bits per heavy atom. The van der Waals surface area contributed by atoms with E-state index in [1.165, 1.54) is 4.90 Å². The lowest BCUT2D eigenvalue weighted by atomic mass is 10.2. The molecule has 0 aliphatic heterocycles. The molecule has 0 aliphatic carbocycles. The summed E-state index contributed by atoms with van der Waals surface area (Å²) in [6, 6.07) is 5.05. The van der Waals surface area contributed by atoms with Gasteiger partial charge in [-0.05, 0) is 25.5 Å². The van der Waals surface area contributed by atoms with Gasteiger partial charge in [0.2, 0.25) is 0 Å². The fraction of sp³-hybridized carbons (Fsp3) is 0.467. The van der Waals surface area contributed by atoms with Crippen molar-refractivity contribution < 1.29 is 19.4 Å². The second kappa shape index (κ2) is 7.52. The Morgan fingerprint density at radius 3 is 2.67 bits per heavy atom. The standard InChI is InChI=1S/C15H22N2O4/c1-5-21-13-8-12(7-6-10(13)2)16-15(20)17(4)9-11(3)14(18)19/h6-8,11H,5,9H2,1-4H3,(H,16,20)(H,18,19). The molecular formula is C15H22N2O4. The summed E-state index contributed by atoms with van der Waals surface area (Å²) in [5.74, 6) is -0.821. The molecule has 0 spiro atoms. The number of anilines is 1. The summed E-state index contributed by atoms with van der Waals surface area (Å²) in [6.07, 6.45) is 0. The third-order valence-electron chi connectivity index (χ3n) is 3.06. The predicted octanol–water partition coefficient (Wildman–Crippen LogP) is 2.58. The summed E-state index contributed by atoms with van der Waals surface area (Å²) in [6.45, 7) is 6.08. The van der Waals surface area contributed by atoms with Gasteiger partial charge in [-0.2, -0.15) is 0 Å². The van der Waals surface area contributed by atoms with Crippen molar-refractivity contribution >= 4 is 17.7 Å². The van der Waals surface area contributed by atoms with E-state index in [1.807, 2.05) is 19.9 Å². The smallest absolute Gasteiger partial charge is 0.321 e. The number of rotatable bonds is 6. The van der Waals surface area contributed by atoms with E-state index in [4.69, 9.17) is 9.84 Å². The number of carboxylic acids is 1. The number of urea groups is 1. The molecule has 116 valence electrons. The summed E-state index contributed by atoms with van der Waals surface area (Å²) in [5.41, 5.74) is 1.60. The second-order valence-electron chi connectivity index (χ2n) is 4.96. The molecule has 1 aromatic carbocycles. The summed E-state index contributed by atoms with van der Waals surface area (Å²) < 4.78 is 5.47. The molecule has 6 heteroatoms. The van der Waals surface area contributed by atoms with E-state index in [0.717, 1.165) is 11.3 Å². The molecule has 0 aliphatic rings. The highest BCUT2D eigenvalue weighted by molar-refractivity contribution is 5.89. The van der Waals surface area contributed by atoms with Crippen LogP contribution in [0.1, 0.15) is 19.4 Å². The van der Waals surface area contributed by atoms with Crippen LogP contribution in [0, 0.1) is 12.8 Å². The predicted molar refractivity (Wildman–Crippen MR) is 80.8 cm³/mol. The Kier molecular flexibility index (Phi) is 6.02. The number of nitrogens with zero attached hydrogens (tertiary/aromatic N) is 1. The maximum atomic E-state index is 12.0. The summed E-state index contributed by atoms with van der Waals surface area (Å²) in [7, 11) is 1.56. The van der Waals surface area contributed by atoms with Gasteiger partial charge in [0.1, 0.15) is 5.75 Å². The maximum Gasteiger partial charge on any atom is 0.321 e. The van der Waals surface area contributed by atoms with Crippen LogP contribution in [0.2, 0.25) is 0 Å². The number of aliphatic carboxylic acids is 1. The van der Waals surface area contributed by atoms with Crippen molar-refractivity contribution in [1.82, 2.24) is 4.90 Å². The Balaban J connectivity index is 2.70. The van der Waals surface area contributed by atoms with Gasteiger partial charge < -0.3 is 20.1 Å². The second-order valence-corrected chi connectivity index (χ2v) is 4.96. The molecule has 6 nitrogen and oxygen atoms in total. The lowest BCUT2D eigenvalue weighted by molar-refractivity contribution is -0.141. The van der Waals surface area contributed by atoms with Crippen LogP contribution in [0.25, 0.3) is 0 Å². The zero-order chi connectivity index (χ0) is 16.0. The van der Waals surface area contributed by atoms with Crippen molar-refractivity contribution in [3.8, 4) is 5.75 Å². The number of carbonyl (C=O) groups is 2. The number of benzene rings is 1. The number of amides is 2. The van der Waals surface area contributed by atoms with Gasteiger partial charge in [0.25, 0.3) is 0 Å². The van der Waals surface area contributed by atoms with Crippen molar-refractivity contribution in [3.63, 3.8) is 0 Å². The topological polar surface area (TPSA) is 78.9 Å². The van der Waals surface area contributed by atoms with E-state index >= 15 is 0 Å². The number of aryl methyl sites for hydroxylation is 1. The van der Waals surface area contributed by atoms with E-state index in [1.54, 1.807) is 26.1 Å². The lowest BCUT2D eigenvalue weighted by Gasteiger charge is -2.20. The third-order valence-corrected chi connectivity index (χ3v) is 3.06. The van der Waals surface area contributed by atoms with Gasteiger partial charge in [0.05, 0.1) is 12.5 Å². The van der Waals surface area contributed by atoms with Gasteiger partial charge in [0, 0.05) is 25.3 Å². The minimum atomic E-state index is -0.927. The van der Waals surface area contributed by atoms with Crippen LogP contribution >= 0.6 is 0 Å². The van der Waals surface area contributed by atoms with E-state index in [-0.39, 0.29) is 12.6 Å². The van der Waals surface area contributed by atoms with Crippen LogP contribution < -0.4 is 10.1 Å². The fourth-order valence-corrected chi connectivity index (χ4v) is 1.78. The van der Waals surface area contributed by atoms with E-state index in [0.29, 0.717) is 12.3 Å². The van der Waals surface area contributed by atoms with Crippen molar-refractivity contribution in [2.75, 3.05) is 25.5 Å². The van der Waals surface area contributed by atoms with Gasteiger partial charge in [-0.15, -0.1) is 0 Å². The number of hydrogen-bond acceptors (Lipinski definition) is 3. The Morgan fingerprint density at radius 1 is 1.43 bits per heavy atom. The van der Waals surface area contributed by atoms with Crippen LogP contribution in [0.3, 0.4) is 0 Å². The highest BCUT2D eigenvalue weighted by Gasteiger charge is 2.17. The van der Waals surface area contributed by atoms with E-state index in [9.17, 15) is 9.59 Å². The van der Waals surface area contributed by atoms with Gasteiger partial charge >= 0.3 is 12.0 Å². The summed E-state index contributed by atoms with van der Waals surface area (Å²) in [4.78, 5) is 24.1. The van der Waals surface area contributed by atoms with E-state index < -0.39 is 11.9 Å². The van der Waals surface area contributed by atoms with Crippen LogP contribution in [-0.4, -0.2) is 42.2 Å². The molecule has 1 atom stereocenters. The average molecular weight is 294 g/mol. The highest BCUT2D eigenvalue weighted by Crippen LogP contribution is 2.22. The Bertz CT molecular complexity index is 516. The highest BCUT2D eigenvalue weighted by atomic mass is 16.5. The Hall–Kier alpha value is -2.24. The maximum absolute atomic E-state index is 12.0. The average Bonchev–Trinajstić information content (AvgIpc) is 2.42. The largest absolute Gasteiger partial charge is 0.494 e. The molecule has 21 heavy (non-hydrogen) atoms. The molecule has 0 saturated carbocycles. The molecule has 1 rings (SSSR count). The summed E-state index contributed by atoms with van der Waals surface area (Å²) >= 11 is 0. The summed E-state index contributed by atoms with van der Waals surface area (Å²) in [5, 5.41) is 11.6. The molecule has 0 aromatic heterocycles. The van der Waals surface area contributed by atoms with Crippen LogP contribution in [0.4, 0.5) is 10.5 Å². The van der Waals surface area contributed by atoms with E-state index in [2.05, 4.69) is 5.32 Å². The zero-order valence-corrected chi connectivity index (χ0v) is 12.8. The molecule has 2 N–H and O–H groups in total. The molecule has 1 aromatic rings. The molecule has 0 bridgehead atoms. The minimum absolute atomic E-state index is 0.144. The Labute approximate surface area is 124 Å². The van der Waals surface area contributed by atoms with Crippen molar-refractivity contribution in [1.29, 1.82) is 0 Å². The third kappa shape index (κ3) is 4.98. The number of hydrogen-bond donors (Lipinski definition) is 2. The molecule has 0 radical (unpaired) electrons. The minimum Gasteiger partial charge on any atom is -0.494 e. The molecule has 0 saturated heterocycles. The van der Waals surface area contributed by atoms with Gasteiger partial charge in [0.15, 0.2) is 0 Å². The van der Waals surface area contributed by atoms with Crippen molar-refractivity contribution in [2.45, 2.75) is 20.8 Å². The van der Waals surface area contributed by atoms with Gasteiger partial charge in [-0.25, -0.2) is 4.79 Å². The first-order valence-electron chi connectivity index (χ1n) is 6.83. The SMILES string of the molecule is CCOc1cc(NC(=O)N(C)CC(C)C(=O)O)ccc1C. The number of nitrogens with one attached hydrogen (secondary N) is 1. The monoisotopic (exact) mass is 294 g/mol. The normalized spacial score (nSPS) is 11.6. The molecule has 0 fully saturated rings.